The molecule has 8 heteroatoms. The first kappa shape index (κ1) is 20.0. The molecule has 0 fully saturated rings. The summed E-state index contributed by atoms with van der Waals surface area (Å²) in [5.41, 5.74) is 1.32. The lowest BCUT2D eigenvalue weighted by atomic mass is 9.75. The summed E-state index contributed by atoms with van der Waals surface area (Å²) in [5, 5.41) is 0. The molecule has 2 unspecified atom stereocenters. The van der Waals surface area contributed by atoms with Crippen molar-refractivity contribution in [1.82, 2.24) is 4.90 Å². The van der Waals surface area contributed by atoms with E-state index in [0.29, 0.717) is 4.88 Å². The maximum absolute atomic E-state index is 16.3. The summed E-state index contributed by atoms with van der Waals surface area (Å²) < 4.78 is 43.5. The van der Waals surface area contributed by atoms with Gasteiger partial charge in [0.05, 0.1) is 4.88 Å². The summed E-state index contributed by atoms with van der Waals surface area (Å²) in [4.78, 5) is 19.0. The van der Waals surface area contributed by atoms with Gasteiger partial charge in [-0.2, -0.15) is 0 Å². The largest absolute Gasteiger partial charge is 0.369 e. The smallest absolute Gasteiger partial charge is 0.270 e. The van der Waals surface area contributed by atoms with E-state index in [4.69, 9.17) is 12.2 Å². The number of halogens is 3. The van der Waals surface area contributed by atoms with Gasteiger partial charge in [0.15, 0.2) is 11.6 Å². The number of likely N-dealkylation sites (N-methyl/N-ethyl adjacent to an activating group) is 1. The molecule has 28 heavy (non-hydrogen) atoms. The number of hydrogen-bond acceptors (Lipinski definition) is 4. The van der Waals surface area contributed by atoms with Gasteiger partial charge in [0.1, 0.15) is 0 Å². The average Bonchev–Trinajstić information content (AvgIpc) is 3.21. The van der Waals surface area contributed by atoms with Gasteiger partial charge < -0.3 is 5.73 Å². The SMILES string of the molecule is C#Cc1ccc(C(C)(F)C2(c3ccc(C(C)(F)F)cc3)N=C(N)N(C)C2=O)s1. The van der Waals surface area contributed by atoms with E-state index in [1.807, 2.05) is 0 Å². The number of nitrogens with zero attached hydrogens (tertiary/aromatic N) is 2. The average molecular weight is 405 g/mol. The number of thiophene rings is 1. The van der Waals surface area contributed by atoms with Crippen LogP contribution >= 0.6 is 11.3 Å². The van der Waals surface area contributed by atoms with Crippen LogP contribution in [0.2, 0.25) is 0 Å². The van der Waals surface area contributed by atoms with E-state index in [1.165, 1.54) is 32.2 Å². The van der Waals surface area contributed by atoms with Crippen molar-refractivity contribution in [1.29, 1.82) is 0 Å². The van der Waals surface area contributed by atoms with Gasteiger partial charge in [-0.05, 0) is 24.6 Å². The molecule has 1 aliphatic heterocycles. The Bertz CT molecular complexity index is 999. The monoisotopic (exact) mass is 405 g/mol. The van der Waals surface area contributed by atoms with E-state index >= 15 is 4.39 Å². The van der Waals surface area contributed by atoms with Crippen molar-refractivity contribution in [2.45, 2.75) is 31.0 Å². The molecule has 0 bridgehead atoms. The van der Waals surface area contributed by atoms with Gasteiger partial charge in [0, 0.05) is 24.4 Å². The van der Waals surface area contributed by atoms with Crippen molar-refractivity contribution in [2.24, 2.45) is 10.7 Å². The van der Waals surface area contributed by atoms with E-state index in [2.05, 4.69) is 10.9 Å². The fraction of sp³-hybridized carbons (Fsp3) is 0.300. The third-order valence-electron chi connectivity index (χ3n) is 4.94. The molecule has 0 radical (unpaired) electrons. The highest BCUT2D eigenvalue weighted by atomic mass is 32.1. The Hall–Kier alpha value is -2.79. The normalized spacial score (nSPS) is 22.0. The van der Waals surface area contributed by atoms with E-state index in [-0.39, 0.29) is 22.0 Å². The molecule has 1 aliphatic rings. The minimum atomic E-state index is -3.07. The fourth-order valence-electron chi connectivity index (χ4n) is 3.26. The minimum absolute atomic E-state index is 0.124. The summed E-state index contributed by atoms with van der Waals surface area (Å²) in [7, 11) is 1.38. The topological polar surface area (TPSA) is 58.7 Å². The van der Waals surface area contributed by atoms with E-state index in [0.717, 1.165) is 35.3 Å². The van der Waals surface area contributed by atoms with Crippen LogP contribution in [0.3, 0.4) is 0 Å². The number of nitrogens with two attached hydrogens (primary N) is 1. The van der Waals surface area contributed by atoms with Gasteiger partial charge in [0.25, 0.3) is 11.8 Å². The van der Waals surface area contributed by atoms with Crippen LogP contribution in [0.15, 0.2) is 41.4 Å². The standard InChI is InChI=1S/C20H18F3N3OS/c1-5-14-10-11-15(28-14)18(2,21)20(16(27)26(4)17(24)25-20)13-8-6-12(7-9-13)19(3,22)23/h1,6-11H,2-4H3,(H2,24,25). The van der Waals surface area contributed by atoms with Crippen molar-refractivity contribution in [3.63, 3.8) is 0 Å². The molecule has 2 atom stereocenters. The Morgan fingerprint density at radius 2 is 1.79 bits per heavy atom. The van der Waals surface area contributed by atoms with Gasteiger partial charge in [0.2, 0.25) is 5.54 Å². The number of amides is 1. The quantitative estimate of drug-likeness (QED) is 0.789. The Kier molecular flexibility index (Phi) is 4.55. The van der Waals surface area contributed by atoms with Crippen molar-refractivity contribution in [3.05, 3.63) is 57.3 Å². The van der Waals surface area contributed by atoms with Gasteiger partial charge in [-0.25, -0.2) is 18.2 Å². The molecule has 0 spiro atoms. The van der Waals surface area contributed by atoms with Crippen LogP contribution in [0, 0.1) is 12.3 Å². The van der Waals surface area contributed by atoms with Crippen LogP contribution in [-0.2, 0) is 21.9 Å². The van der Waals surface area contributed by atoms with Crippen LogP contribution in [0.5, 0.6) is 0 Å². The number of rotatable bonds is 4. The molecule has 0 saturated carbocycles. The summed E-state index contributed by atoms with van der Waals surface area (Å²) in [5.74, 6) is -1.50. The first-order valence-electron chi connectivity index (χ1n) is 8.33. The Balaban J connectivity index is 2.23. The molecule has 1 aromatic carbocycles. The second-order valence-electron chi connectivity index (χ2n) is 6.82. The second-order valence-corrected chi connectivity index (χ2v) is 7.91. The molecule has 2 heterocycles. The molecule has 4 nitrogen and oxygen atoms in total. The summed E-state index contributed by atoms with van der Waals surface area (Å²) in [6.45, 7) is 1.98. The molecule has 0 aliphatic carbocycles. The first-order chi connectivity index (χ1) is 12.9. The Labute approximate surface area is 164 Å². The molecule has 1 amide bonds. The molecule has 2 N–H and O–H groups in total. The van der Waals surface area contributed by atoms with Crippen LogP contribution < -0.4 is 5.73 Å². The number of carbonyl (C=O) groups excluding carboxylic acids is 1. The van der Waals surface area contributed by atoms with Crippen LogP contribution in [0.1, 0.15) is 34.7 Å². The van der Waals surface area contributed by atoms with E-state index in [9.17, 15) is 13.6 Å². The molecule has 1 aromatic heterocycles. The van der Waals surface area contributed by atoms with Crippen LogP contribution in [0.4, 0.5) is 13.2 Å². The third kappa shape index (κ3) is 2.78. The number of terminal acetylenes is 1. The van der Waals surface area contributed by atoms with Crippen molar-refractivity contribution < 1.29 is 18.0 Å². The predicted octanol–water partition coefficient (Wildman–Crippen LogP) is 3.71. The van der Waals surface area contributed by atoms with Gasteiger partial charge in [-0.15, -0.1) is 17.8 Å². The van der Waals surface area contributed by atoms with Crippen LogP contribution in [-0.4, -0.2) is 23.8 Å². The molecular formula is C20H18F3N3OS. The van der Waals surface area contributed by atoms with Gasteiger partial charge in [-0.3, -0.25) is 9.69 Å². The zero-order chi connectivity index (χ0) is 20.9. The van der Waals surface area contributed by atoms with Crippen molar-refractivity contribution >= 4 is 23.2 Å². The molecule has 0 saturated heterocycles. The minimum Gasteiger partial charge on any atom is -0.369 e. The molecule has 3 rings (SSSR count). The number of guanidine groups is 1. The summed E-state index contributed by atoms with van der Waals surface area (Å²) in [6.07, 6.45) is 5.38. The maximum atomic E-state index is 16.3. The number of alkyl halides is 3. The van der Waals surface area contributed by atoms with Crippen molar-refractivity contribution in [3.8, 4) is 12.3 Å². The predicted molar refractivity (Wildman–Crippen MR) is 103 cm³/mol. The zero-order valence-electron chi connectivity index (χ0n) is 15.5. The lowest BCUT2D eigenvalue weighted by molar-refractivity contribution is -0.136. The first-order valence-corrected chi connectivity index (χ1v) is 9.15. The zero-order valence-corrected chi connectivity index (χ0v) is 16.3. The fourth-order valence-corrected chi connectivity index (χ4v) is 4.16. The Morgan fingerprint density at radius 1 is 1.18 bits per heavy atom. The number of aliphatic imine (C=N–C) groups is 1. The highest BCUT2D eigenvalue weighted by Gasteiger charge is 2.62. The summed E-state index contributed by atoms with van der Waals surface area (Å²) in [6, 6.07) is 7.95. The summed E-state index contributed by atoms with van der Waals surface area (Å²) >= 11 is 1.02. The van der Waals surface area contributed by atoms with E-state index in [1.54, 1.807) is 6.07 Å². The van der Waals surface area contributed by atoms with Gasteiger partial charge >= 0.3 is 0 Å². The lowest BCUT2D eigenvalue weighted by Gasteiger charge is -2.36. The van der Waals surface area contributed by atoms with E-state index < -0.39 is 23.0 Å². The molecule has 2 aromatic rings. The molecule has 146 valence electrons. The van der Waals surface area contributed by atoms with Gasteiger partial charge in [-0.1, -0.05) is 30.2 Å². The second kappa shape index (κ2) is 6.38. The maximum Gasteiger partial charge on any atom is 0.270 e. The highest BCUT2D eigenvalue weighted by Crippen LogP contribution is 2.51. The lowest BCUT2D eigenvalue weighted by Crippen LogP contribution is -2.50. The highest BCUT2D eigenvalue weighted by molar-refractivity contribution is 7.12. The third-order valence-corrected chi connectivity index (χ3v) is 6.15. The number of hydrogen-bond donors (Lipinski definition) is 1. The number of carbonyl (C=O) groups is 1. The number of benzene rings is 1. The Morgan fingerprint density at radius 3 is 2.21 bits per heavy atom. The molecular weight excluding hydrogens is 387 g/mol. The van der Waals surface area contributed by atoms with Crippen LogP contribution in [0.25, 0.3) is 0 Å². The van der Waals surface area contributed by atoms with Crippen molar-refractivity contribution in [2.75, 3.05) is 7.05 Å².